The fourth-order valence-electron chi connectivity index (χ4n) is 3.57. The Bertz CT molecular complexity index is 457. The maximum atomic E-state index is 4.61. The first kappa shape index (κ1) is 13.6. The summed E-state index contributed by atoms with van der Waals surface area (Å²) in [7, 11) is 0. The van der Waals surface area contributed by atoms with Crippen LogP contribution in [0.15, 0.2) is 4.47 Å². The van der Waals surface area contributed by atoms with Gasteiger partial charge in [0, 0.05) is 25.7 Å². The third kappa shape index (κ3) is 2.48. The van der Waals surface area contributed by atoms with Crippen molar-refractivity contribution in [3.8, 4) is 0 Å². The molecule has 0 spiro atoms. The number of aromatic nitrogens is 2. The maximum Gasteiger partial charge on any atom is 0.0739 e. The second kappa shape index (κ2) is 5.54. The average molecular weight is 327 g/mol. The van der Waals surface area contributed by atoms with Crippen LogP contribution in [0.4, 0.5) is 0 Å². The van der Waals surface area contributed by atoms with E-state index in [0.29, 0.717) is 0 Å². The molecule has 2 fully saturated rings. The Balaban J connectivity index is 1.80. The van der Waals surface area contributed by atoms with Crippen LogP contribution in [0.5, 0.6) is 0 Å². The molecule has 0 radical (unpaired) electrons. The fourth-order valence-corrected chi connectivity index (χ4v) is 3.98. The number of nitrogens with zero attached hydrogens (tertiary/aromatic N) is 3. The average Bonchev–Trinajstić information content (AvgIpc) is 2.99. The van der Waals surface area contributed by atoms with E-state index in [1.165, 1.54) is 36.1 Å². The van der Waals surface area contributed by atoms with Crippen molar-refractivity contribution in [1.82, 2.24) is 20.0 Å². The summed E-state index contributed by atoms with van der Waals surface area (Å²) in [4.78, 5) is 2.65. The number of aryl methyl sites for hydroxylation is 2. The molecule has 19 heavy (non-hydrogen) atoms. The van der Waals surface area contributed by atoms with Gasteiger partial charge in [0.25, 0.3) is 0 Å². The minimum Gasteiger partial charge on any atom is -0.315 e. The Hall–Kier alpha value is -0.390. The van der Waals surface area contributed by atoms with Crippen LogP contribution >= 0.6 is 15.9 Å². The SMILES string of the molecule is CCn1nc(C)c(Br)c1CN1CCCC2CNCC21. The van der Waals surface area contributed by atoms with E-state index in [1.54, 1.807) is 0 Å². The molecule has 106 valence electrons. The lowest BCUT2D eigenvalue weighted by Gasteiger charge is -2.37. The molecule has 0 saturated carbocycles. The summed E-state index contributed by atoms with van der Waals surface area (Å²) >= 11 is 3.72. The Morgan fingerprint density at radius 2 is 2.26 bits per heavy atom. The largest absolute Gasteiger partial charge is 0.315 e. The summed E-state index contributed by atoms with van der Waals surface area (Å²) in [6.45, 7) is 9.80. The van der Waals surface area contributed by atoms with Crippen LogP contribution in [0.1, 0.15) is 31.2 Å². The first-order valence-electron chi connectivity index (χ1n) is 7.37. The van der Waals surface area contributed by atoms with E-state index in [4.69, 9.17) is 0 Å². The van der Waals surface area contributed by atoms with Gasteiger partial charge in [0.2, 0.25) is 0 Å². The van der Waals surface area contributed by atoms with Gasteiger partial charge in [-0.3, -0.25) is 9.58 Å². The summed E-state index contributed by atoms with van der Waals surface area (Å²) in [6, 6.07) is 0.723. The number of nitrogens with one attached hydrogen (secondary N) is 1. The lowest BCUT2D eigenvalue weighted by atomic mass is 9.92. The van der Waals surface area contributed by atoms with Crippen molar-refractivity contribution in [3.05, 3.63) is 15.9 Å². The van der Waals surface area contributed by atoms with Crippen molar-refractivity contribution >= 4 is 15.9 Å². The smallest absolute Gasteiger partial charge is 0.0739 e. The van der Waals surface area contributed by atoms with Gasteiger partial charge in [-0.2, -0.15) is 5.10 Å². The first-order valence-corrected chi connectivity index (χ1v) is 8.16. The zero-order valence-corrected chi connectivity index (χ0v) is 13.4. The molecule has 1 aromatic heterocycles. The van der Waals surface area contributed by atoms with Crippen molar-refractivity contribution in [2.24, 2.45) is 5.92 Å². The lowest BCUT2D eigenvalue weighted by Crippen LogP contribution is -2.44. The van der Waals surface area contributed by atoms with E-state index in [9.17, 15) is 0 Å². The van der Waals surface area contributed by atoms with Gasteiger partial charge < -0.3 is 5.32 Å². The summed E-state index contributed by atoms with van der Waals surface area (Å²) in [5.41, 5.74) is 2.45. The molecule has 0 amide bonds. The fraction of sp³-hybridized carbons (Fsp3) is 0.786. The van der Waals surface area contributed by atoms with Gasteiger partial charge in [0.1, 0.15) is 0 Å². The molecule has 2 aliphatic rings. The first-order chi connectivity index (χ1) is 9.20. The van der Waals surface area contributed by atoms with Crippen molar-refractivity contribution in [1.29, 1.82) is 0 Å². The molecular weight excluding hydrogens is 304 g/mol. The molecule has 0 bridgehead atoms. The molecule has 2 unspecified atom stereocenters. The zero-order chi connectivity index (χ0) is 13.4. The Labute approximate surface area is 123 Å². The molecule has 0 aliphatic carbocycles. The zero-order valence-electron chi connectivity index (χ0n) is 11.8. The monoisotopic (exact) mass is 326 g/mol. The summed E-state index contributed by atoms with van der Waals surface area (Å²) < 4.78 is 3.34. The van der Waals surface area contributed by atoms with Gasteiger partial charge in [0.05, 0.1) is 15.9 Å². The highest BCUT2D eigenvalue weighted by molar-refractivity contribution is 9.10. The van der Waals surface area contributed by atoms with E-state index in [2.05, 4.69) is 49.8 Å². The maximum absolute atomic E-state index is 4.61. The van der Waals surface area contributed by atoms with E-state index in [0.717, 1.165) is 37.3 Å². The number of piperidine rings is 1. The lowest BCUT2D eigenvalue weighted by molar-refractivity contribution is 0.114. The Morgan fingerprint density at radius 1 is 1.42 bits per heavy atom. The van der Waals surface area contributed by atoms with Gasteiger partial charge in [-0.1, -0.05) is 0 Å². The highest BCUT2D eigenvalue weighted by atomic mass is 79.9. The molecule has 1 N–H and O–H groups in total. The predicted octanol–water partition coefficient (Wildman–Crippen LogP) is 2.16. The Morgan fingerprint density at radius 3 is 3.05 bits per heavy atom. The standard InChI is InChI=1S/C14H23BrN4/c1-3-19-13(14(15)10(2)17-19)9-18-6-4-5-11-7-16-8-12(11)18/h11-12,16H,3-9H2,1-2H3. The molecule has 0 aromatic carbocycles. The van der Waals surface area contributed by atoms with Gasteiger partial charge in [0.15, 0.2) is 0 Å². The van der Waals surface area contributed by atoms with Gasteiger partial charge in [-0.05, 0) is 61.6 Å². The number of halogens is 1. The normalized spacial score (nSPS) is 27.7. The van der Waals surface area contributed by atoms with Crippen molar-refractivity contribution < 1.29 is 0 Å². The molecule has 4 nitrogen and oxygen atoms in total. The van der Waals surface area contributed by atoms with Crippen LogP contribution in [0, 0.1) is 12.8 Å². The highest BCUT2D eigenvalue weighted by Gasteiger charge is 2.35. The number of hydrogen-bond donors (Lipinski definition) is 1. The second-order valence-electron chi connectivity index (χ2n) is 5.76. The van der Waals surface area contributed by atoms with Gasteiger partial charge in [-0.25, -0.2) is 0 Å². The molecule has 2 atom stereocenters. The van der Waals surface area contributed by atoms with E-state index in [1.807, 2.05) is 0 Å². The number of rotatable bonds is 3. The minimum absolute atomic E-state index is 0.723. The molecule has 3 heterocycles. The molecular formula is C14H23BrN4. The van der Waals surface area contributed by atoms with Crippen molar-refractivity contribution in [2.45, 2.75) is 45.8 Å². The summed E-state index contributed by atoms with van der Waals surface area (Å²) in [5, 5.41) is 8.16. The summed E-state index contributed by atoms with van der Waals surface area (Å²) in [6.07, 6.45) is 2.72. The van der Waals surface area contributed by atoms with E-state index < -0.39 is 0 Å². The van der Waals surface area contributed by atoms with Crippen molar-refractivity contribution in [2.75, 3.05) is 19.6 Å². The van der Waals surface area contributed by atoms with Crippen molar-refractivity contribution in [3.63, 3.8) is 0 Å². The topological polar surface area (TPSA) is 33.1 Å². The minimum atomic E-state index is 0.723. The third-order valence-electron chi connectivity index (χ3n) is 4.60. The highest BCUT2D eigenvalue weighted by Crippen LogP contribution is 2.30. The second-order valence-corrected chi connectivity index (χ2v) is 6.55. The van der Waals surface area contributed by atoms with Crippen LogP contribution in [-0.2, 0) is 13.1 Å². The predicted molar refractivity (Wildman–Crippen MR) is 80.1 cm³/mol. The van der Waals surface area contributed by atoms with Crippen LogP contribution in [0.25, 0.3) is 0 Å². The Kier molecular flexibility index (Phi) is 3.96. The van der Waals surface area contributed by atoms with Gasteiger partial charge >= 0.3 is 0 Å². The molecule has 1 aromatic rings. The van der Waals surface area contributed by atoms with Gasteiger partial charge in [-0.15, -0.1) is 0 Å². The van der Waals surface area contributed by atoms with E-state index >= 15 is 0 Å². The number of likely N-dealkylation sites (tertiary alicyclic amines) is 1. The molecule has 5 heteroatoms. The van der Waals surface area contributed by atoms with E-state index in [-0.39, 0.29) is 0 Å². The quantitative estimate of drug-likeness (QED) is 0.924. The molecule has 2 saturated heterocycles. The van der Waals surface area contributed by atoms with Crippen LogP contribution in [0.3, 0.4) is 0 Å². The third-order valence-corrected chi connectivity index (χ3v) is 5.63. The van der Waals surface area contributed by atoms with Crippen LogP contribution in [0.2, 0.25) is 0 Å². The molecule has 2 aliphatic heterocycles. The molecule has 3 rings (SSSR count). The number of fused-ring (bicyclic) bond motifs is 1. The van der Waals surface area contributed by atoms with Crippen LogP contribution < -0.4 is 5.32 Å². The van der Waals surface area contributed by atoms with Crippen LogP contribution in [-0.4, -0.2) is 40.4 Å². The summed E-state index contributed by atoms with van der Waals surface area (Å²) in [5.74, 6) is 0.853. The number of hydrogen-bond acceptors (Lipinski definition) is 3.